The van der Waals surface area contributed by atoms with Crippen molar-refractivity contribution in [1.82, 2.24) is 0 Å². The zero-order valence-electron chi connectivity index (χ0n) is 8.20. The van der Waals surface area contributed by atoms with Crippen LogP contribution in [-0.4, -0.2) is 13.2 Å². The van der Waals surface area contributed by atoms with Crippen LogP contribution in [-0.2, 0) is 20.9 Å². The average molecular weight is 228 g/mol. The molecule has 0 aliphatic rings. The molecule has 0 aromatic rings. The summed E-state index contributed by atoms with van der Waals surface area (Å²) in [5.74, 6) is 0. The van der Waals surface area contributed by atoms with Gasteiger partial charge in [0, 0.05) is 7.11 Å². The molecule has 2 unspecified atom stereocenters. The number of thiol groups is 1. The van der Waals surface area contributed by atoms with E-state index < -0.39 is 5.69 Å². The number of hydrogen-bond acceptors (Lipinski definition) is 3. The monoisotopic (exact) mass is 228 g/mol. The second-order valence-corrected chi connectivity index (χ2v) is 9.11. The van der Waals surface area contributed by atoms with Gasteiger partial charge in [-0.05, 0) is 24.1 Å². The third kappa shape index (κ3) is 4.83. The Labute approximate surface area is 85.4 Å². The Kier molecular flexibility index (Phi) is 4.77. The number of hydrogen-bond donors (Lipinski definition) is 1. The van der Waals surface area contributed by atoms with Gasteiger partial charge in [0.05, 0.1) is 6.10 Å². The first-order chi connectivity index (χ1) is 5.19. The van der Waals surface area contributed by atoms with E-state index in [0.29, 0.717) is 0 Å². The van der Waals surface area contributed by atoms with Gasteiger partial charge >= 0.3 is 0 Å². The molecule has 2 atom stereocenters. The Hall–Kier alpha value is 0.920. The molecule has 0 fully saturated rings. The maximum Gasteiger partial charge on any atom is 0.244 e. The fourth-order valence-electron chi connectivity index (χ4n) is 0.401. The lowest BCUT2D eigenvalue weighted by Gasteiger charge is -2.30. The van der Waals surface area contributed by atoms with Crippen LogP contribution >= 0.6 is 17.9 Å². The van der Waals surface area contributed by atoms with Crippen LogP contribution in [0.2, 0.25) is 0 Å². The molecule has 5 heteroatoms. The third-order valence-corrected chi connectivity index (χ3v) is 4.26. The van der Waals surface area contributed by atoms with E-state index in [1.54, 1.807) is 0 Å². The lowest BCUT2D eigenvalue weighted by atomic mass is 9.91. The summed E-state index contributed by atoms with van der Waals surface area (Å²) in [6, 6.07) is 0. The van der Waals surface area contributed by atoms with E-state index >= 15 is 0 Å². The second-order valence-electron chi connectivity index (χ2n) is 3.76. The fourth-order valence-corrected chi connectivity index (χ4v) is 2.01. The zero-order valence-corrected chi connectivity index (χ0v) is 10.8. The van der Waals surface area contributed by atoms with Crippen LogP contribution < -0.4 is 0 Å². The molecule has 2 nitrogen and oxygen atoms in total. The lowest BCUT2D eigenvalue weighted by Crippen LogP contribution is -2.24. The Morgan fingerprint density at radius 1 is 1.42 bits per heavy atom. The molecule has 0 aromatic heterocycles. The highest BCUT2D eigenvalue weighted by Gasteiger charge is 2.25. The molecule has 0 amide bonds. The van der Waals surface area contributed by atoms with Crippen molar-refractivity contribution in [3.05, 3.63) is 0 Å². The maximum atomic E-state index is 5.52. The van der Waals surface area contributed by atoms with Crippen LogP contribution in [0.5, 0.6) is 0 Å². The van der Waals surface area contributed by atoms with Crippen molar-refractivity contribution in [2.24, 2.45) is 5.41 Å². The summed E-state index contributed by atoms with van der Waals surface area (Å²) in [4.78, 5) is 0. The quantitative estimate of drug-likeness (QED) is 0.591. The topological polar surface area (TPSA) is 18.5 Å². The molecule has 0 heterocycles. The highest BCUT2D eigenvalue weighted by Crippen LogP contribution is 2.55. The van der Waals surface area contributed by atoms with Gasteiger partial charge in [-0.2, -0.15) is 0 Å². The minimum absolute atomic E-state index is 0.0563. The Morgan fingerprint density at radius 2 is 1.83 bits per heavy atom. The molecule has 0 radical (unpaired) electrons. The first kappa shape index (κ1) is 12.9. The Morgan fingerprint density at radius 3 is 2.08 bits per heavy atom. The van der Waals surface area contributed by atoms with Gasteiger partial charge in [0.1, 0.15) is 0 Å². The van der Waals surface area contributed by atoms with Crippen molar-refractivity contribution in [2.75, 3.05) is 7.11 Å². The zero-order chi connectivity index (χ0) is 9.99. The normalized spacial score (nSPS) is 20.2. The van der Waals surface area contributed by atoms with Crippen molar-refractivity contribution >= 4 is 29.7 Å². The molecule has 0 aromatic carbocycles. The predicted octanol–water partition coefficient (Wildman–Crippen LogP) is 3.24. The van der Waals surface area contributed by atoms with Gasteiger partial charge in [0.2, 0.25) is 5.69 Å². The van der Waals surface area contributed by atoms with E-state index in [1.165, 1.54) is 7.11 Å². The molecule has 0 saturated carbocycles. The van der Waals surface area contributed by atoms with Crippen molar-refractivity contribution in [2.45, 2.75) is 33.8 Å². The Balaban J connectivity index is 4.19. The van der Waals surface area contributed by atoms with Gasteiger partial charge in [-0.3, -0.25) is 0 Å². The minimum Gasteiger partial charge on any atom is -0.325 e. The molecule has 0 bridgehead atoms. The largest absolute Gasteiger partial charge is 0.325 e. The van der Waals surface area contributed by atoms with Crippen LogP contribution in [0.25, 0.3) is 0 Å². The van der Waals surface area contributed by atoms with Gasteiger partial charge in [-0.15, -0.1) is 0 Å². The summed E-state index contributed by atoms with van der Waals surface area (Å²) >= 11 is 9.16. The van der Waals surface area contributed by atoms with E-state index in [9.17, 15) is 0 Å². The van der Waals surface area contributed by atoms with Crippen LogP contribution in [0.1, 0.15) is 27.7 Å². The molecule has 0 N–H and O–H groups in total. The lowest BCUT2D eigenvalue weighted by molar-refractivity contribution is 0.105. The van der Waals surface area contributed by atoms with E-state index in [0.717, 1.165) is 0 Å². The van der Waals surface area contributed by atoms with Crippen LogP contribution in [0, 0.1) is 5.41 Å². The van der Waals surface area contributed by atoms with Crippen LogP contribution in [0.4, 0.5) is 0 Å². The van der Waals surface area contributed by atoms with Gasteiger partial charge in [-0.25, -0.2) is 0 Å². The summed E-state index contributed by atoms with van der Waals surface area (Å²) in [5.41, 5.74) is -2.22. The first-order valence-electron chi connectivity index (χ1n) is 3.76. The highest BCUT2D eigenvalue weighted by atomic mass is 32.9. The molecule has 0 spiro atoms. The first-order valence-corrected chi connectivity index (χ1v) is 7.55. The maximum absolute atomic E-state index is 5.52. The highest BCUT2D eigenvalue weighted by molar-refractivity contribution is 8.60. The van der Waals surface area contributed by atoms with Gasteiger partial charge in [0.15, 0.2) is 0 Å². The molecule has 0 rings (SSSR count). The average Bonchev–Trinajstić information content (AvgIpc) is 1.85. The SMILES string of the molecule is COP(=S)(S)OC(C)C(C)(C)C. The molecule has 74 valence electrons. The van der Waals surface area contributed by atoms with Crippen molar-refractivity contribution in [3.8, 4) is 0 Å². The minimum atomic E-state index is -2.30. The van der Waals surface area contributed by atoms with Crippen molar-refractivity contribution in [1.29, 1.82) is 0 Å². The molecule has 12 heavy (non-hydrogen) atoms. The smallest absolute Gasteiger partial charge is 0.244 e. The van der Waals surface area contributed by atoms with Gasteiger partial charge in [-0.1, -0.05) is 33.0 Å². The van der Waals surface area contributed by atoms with Crippen molar-refractivity contribution < 1.29 is 9.05 Å². The van der Waals surface area contributed by atoms with Crippen molar-refractivity contribution in [3.63, 3.8) is 0 Å². The summed E-state index contributed by atoms with van der Waals surface area (Å²) in [6.07, 6.45) is 0.0563. The second kappa shape index (κ2) is 4.43. The van der Waals surface area contributed by atoms with E-state index in [1.807, 2.05) is 6.92 Å². The van der Waals surface area contributed by atoms with Crippen LogP contribution in [0.15, 0.2) is 0 Å². The Bertz CT molecular complexity index is 188. The summed E-state index contributed by atoms with van der Waals surface area (Å²) < 4.78 is 10.5. The predicted molar refractivity (Wildman–Crippen MR) is 60.3 cm³/mol. The standard InChI is InChI=1S/C7H17O2PS2/c1-6(7(2,3)4)9-10(11,12)8-5/h6H,1-5H3,(H,11,12). The summed E-state index contributed by atoms with van der Waals surface area (Å²) in [6.45, 7) is 8.26. The fraction of sp³-hybridized carbons (Fsp3) is 1.00. The molecule has 0 saturated heterocycles. The van der Waals surface area contributed by atoms with Crippen LogP contribution in [0.3, 0.4) is 0 Å². The van der Waals surface area contributed by atoms with Gasteiger partial charge < -0.3 is 9.05 Å². The molecular weight excluding hydrogens is 211 g/mol. The molecule has 0 aliphatic carbocycles. The van der Waals surface area contributed by atoms with E-state index in [-0.39, 0.29) is 11.5 Å². The molecular formula is C7H17O2PS2. The van der Waals surface area contributed by atoms with E-state index in [2.05, 4.69) is 33.0 Å². The van der Waals surface area contributed by atoms with E-state index in [4.69, 9.17) is 20.9 Å². The summed E-state index contributed by atoms with van der Waals surface area (Å²) in [7, 11) is 1.53. The third-order valence-electron chi connectivity index (χ3n) is 1.74. The number of rotatable bonds is 3. The van der Waals surface area contributed by atoms with Gasteiger partial charge in [0.25, 0.3) is 0 Å². The molecule has 0 aliphatic heterocycles. The summed E-state index contributed by atoms with van der Waals surface area (Å²) in [5, 5.41) is 0.